The molecule has 1 aliphatic carbocycles. The van der Waals surface area contributed by atoms with Crippen LogP contribution in [0, 0.1) is 11.3 Å². The van der Waals surface area contributed by atoms with Gasteiger partial charge in [0.2, 0.25) is 0 Å². The highest BCUT2D eigenvalue weighted by molar-refractivity contribution is 5.91. The van der Waals surface area contributed by atoms with E-state index >= 15 is 0 Å². The first-order chi connectivity index (χ1) is 11.6. The van der Waals surface area contributed by atoms with Gasteiger partial charge in [-0.05, 0) is 36.8 Å². The van der Waals surface area contributed by atoms with Gasteiger partial charge in [-0.25, -0.2) is 4.79 Å². The lowest BCUT2D eigenvalue weighted by Gasteiger charge is -2.23. The Morgan fingerprint density at radius 3 is 2.92 bits per heavy atom. The van der Waals surface area contributed by atoms with Gasteiger partial charge in [-0.15, -0.1) is 0 Å². The summed E-state index contributed by atoms with van der Waals surface area (Å²) in [5.74, 6) is -0.690. The van der Waals surface area contributed by atoms with E-state index < -0.39 is 11.4 Å². The smallest absolute Gasteiger partial charge is 0.321 e. The number of ether oxygens (including phenoxy) is 1. The zero-order valence-electron chi connectivity index (χ0n) is 14.0. The highest BCUT2D eigenvalue weighted by Gasteiger charge is 2.55. The first-order valence-electron chi connectivity index (χ1n) is 8.43. The summed E-state index contributed by atoms with van der Waals surface area (Å²) < 4.78 is 5.11. The van der Waals surface area contributed by atoms with Gasteiger partial charge in [-0.2, -0.15) is 0 Å². The largest absolute Gasteiger partial charge is 0.481 e. The molecule has 6 nitrogen and oxygen atoms in total. The van der Waals surface area contributed by atoms with Gasteiger partial charge in [0.15, 0.2) is 0 Å². The Morgan fingerprint density at radius 2 is 2.21 bits per heavy atom. The Hall–Kier alpha value is -2.08. The number of carboxylic acid groups (broad SMARTS) is 1. The molecule has 1 heterocycles. The molecule has 2 atom stereocenters. The molecule has 0 unspecified atom stereocenters. The van der Waals surface area contributed by atoms with Gasteiger partial charge in [0.05, 0.1) is 12.0 Å². The van der Waals surface area contributed by atoms with Crippen molar-refractivity contribution < 1.29 is 19.4 Å². The number of urea groups is 1. The number of hydrogen-bond acceptors (Lipinski definition) is 3. The number of carbonyl (C=O) groups excluding carboxylic acids is 1. The Kier molecular flexibility index (Phi) is 4.76. The van der Waals surface area contributed by atoms with Crippen LogP contribution in [0.25, 0.3) is 0 Å². The molecule has 2 amide bonds. The summed E-state index contributed by atoms with van der Waals surface area (Å²) in [7, 11) is 1.65. The van der Waals surface area contributed by atoms with Crippen LogP contribution < -0.4 is 5.32 Å². The second-order valence-electron chi connectivity index (χ2n) is 6.76. The molecule has 1 aromatic carbocycles. The van der Waals surface area contributed by atoms with Gasteiger partial charge in [0.25, 0.3) is 0 Å². The average Bonchev–Trinajstić information content (AvgIpc) is 3.12. The predicted molar refractivity (Wildman–Crippen MR) is 90.0 cm³/mol. The first-order valence-corrected chi connectivity index (χ1v) is 8.43. The van der Waals surface area contributed by atoms with Crippen LogP contribution in [0.5, 0.6) is 0 Å². The number of methoxy groups -OCH3 is 1. The highest BCUT2D eigenvalue weighted by atomic mass is 16.5. The molecule has 3 rings (SSSR count). The fourth-order valence-electron chi connectivity index (χ4n) is 4.06. The van der Waals surface area contributed by atoms with Crippen molar-refractivity contribution in [2.24, 2.45) is 11.3 Å². The molecule has 0 radical (unpaired) electrons. The number of para-hydroxylation sites is 1. The number of aliphatic carboxylic acids is 1. The van der Waals surface area contributed by atoms with Crippen LogP contribution in [-0.4, -0.2) is 48.8 Å². The predicted octanol–water partition coefficient (Wildman–Crippen LogP) is 2.59. The van der Waals surface area contributed by atoms with Gasteiger partial charge >= 0.3 is 12.0 Å². The number of likely N-dealkylation sites (tertiary alicyclic amines) is 1. The van der Waals surface area contributed by atoms with Crippen molar-refractivity contribution >= 4 is 17.7 Å². The van der Waals surface area contributed by atoms with Crippen molar-refractivity contribution in [3.63, 3.8) is 0 Å². The van der Waals surface area contributed by atoms with E-state index in [2.05, 4.69) is 5.32 Å². The molecular weight excluding hydrogens is 308 g/mol. The molecule has 2 N–H and O–H groups in total. The van der Waals surface area contributed by atoms with E-state index in [1.54, 1.807) is 12.0 Å². The zero-order valence-corrected chi connectivity index (χ0v) is 14.0. The van der Waals surface area contributed by atoms with Gasteiger partial charge in [0.1, 0.15) is 0 Å². The molecule has 130 valence electrons. The number of nitrogens with zero attached hydrogens (tertiary/aromatic N) is 1. The van der Waals surface area contributed by atoms with E-state index in [-0.39, 0.29) is 11.9 Å². The SMILES string of the molecule is COCCc1ccccc1NC(=O)N1C[C@@H]2CCC[C@@]2(C(=O)O)C1. The van der Waals surface area contributed by atoms with Gasteiger partial charge in [-0.3, -0.25) is 4.79 Å². The Morgan fingerprint density at radius 1 is 1.42 bits per heavy atom. The fourth-order valence-corrected chi connectivity index (χ4v) is 4.06. The number of carboxylic acids is 1. The molecule has 0 bridgehead atoms. The van der Waals surface area contributed by atoms with Crippen molar-refractivity contribution in [1.29, 1.82) is 0 Å². The second-order valence-corrected chi connectivity index (χ2v) is 6.76. The molecular formula is C18H24N2O4. The Bertz CT molecular complexity index is 633. The number of hydrogen-bond donors (Lipinski definition) is 2. The van der Waals surface area contributed by atoms with Gasteiger partial charge in [-0.1, -0.05) is 24.6 Å². The number of fused-ring (bicyclic) bond motifs is 1. The van der Waals surface area contributed by atoms with E-state index in [9.17, 15) is 14.7 Å². The van der Waals surface area contributed by atoms with Crippen molar-refractivity contribution in [2.45, 2.75) is 25.7 Å². The third kappa shape index (κ3) is 2.98. The highest BCUT2D eigenvalue weighted by Crippen LogP contribution is 2.48. The van der Waals surface area contributed by atoms with Crippen LogP contribution in [0.1, 0.15) is 24.8 Å². The minimum Gasteiger partial charge on any atom is -0.481 e. The molecule has 1 aliphatic heterocycles. The number of anilines is 1. The molecule has 0 spiro atoms. The fraction of sp³-hybridized carbons (Fsp3) is 0.556. The number of carbonyl (C=O) groups is 2. The van der Waals surface area contributed by atoms with Crippen molar-refractivity contribution in [1.82, 2.24) is 4.90 Å². The summed E-state index contributed by atoms with van der Waals surface area (Å²) >= 11 is 0. The van der Waals surface area contributed by atoms with Crippen molar-refractivity contribution in [2.75, 3.05) is 32.1 Å². The van der Waals surface area contributed by atoms with Gasteiger partial charge in [0, 0.05) is 25.9 Å². The maximum Gasteiger partial charge on any atom is 0.321 e. The average molecular weight is 332 g/mol. The standard InChI is InChI=1S/C18H24N2O4/c1-24-10-8-13-5-2-3-7-15(13)19-17(23)20-11-14-6-4-9-18(14,12-20)16(21)22/h2-3,5,7,14H,4,6,8-12H2,1H3,(H,19,23)(H,21,22)/t14-,18+/m0/s1. The lowest BCUT2D eigenvalue weighted by Crippen LogP contribution is -2.38. The monoisotopic (exact) mass is 332 g/mol. The van der Waals surface area contributed by atoms with Crippen molar-refractivity contribution in [3.05, 3.63) is 29.8 Å². The van der Waals surface area contributed by atoms with E-state index in [1.807, 2.05) is 24.3 Å². The van der Waals surface area contributed by atoms with E-state index in [4.69, 9.17) is 4.74 Å². The first kappa shape index (κ1) is 16.8. The maximum atomic E-state index is 12.6. The number of nitrogens with one attached hydrogen (secondary N) is 1. The third-order valence-corrected chi connectivity index (χ3v) is 5.42. The molecule has 1 saturated carbocycles. The van der Waals surface area contributed by atoms with Crippen LogP contribution in [0.15, 0.2) is 24.3 Å². The summed E-state index contributed by atoms with van der Waals surface area (Å²) in [6, 6.07) is 7.43. The summed E-state index contributed by atoms with van der Waals surface area (Å²) in [5.41, 5.74) is 1.04. The van der Waals surface area contributed by atoms with Crippen molar-refractivity contribution in [3.8, 4) is 0 Å². The van der Waals surface area contributed by atoms with Crippen LogP contribution >= 0.6 is 0 Å². The summed E-state index contributed by atoms with van der Waals surface area (Å²) in [4.78, 5) is 26.0. The van der Waals surface area contributed by atoms with Crippen LogP contribution in [0.4, 0.5) is 10.5 Å². The summed E-state index contributed by atoms with van der Waals surface area (Å²) in [5, 5.41) is 12.6. The lowest BCUT2D eigenvalue weighted by atomic mass is 9.81. The number of rotatable bonds is 5. The minimum absolute atomic E-state index is 0.0736. The molecule has 2 aliphatic rings. The molecule has 1 saturated heterocycles. The van der Waals surface area contributed by atoms with E-state index in [0.717, 1.165) is 24.1 Å². The van der Waals surface area contributed by atoms with Crippen LogP contribution in [0.3, 0.4) is 0 Å². The molecule has 6 heteroatoms. The number of amides is 2. The van der Waals surface area contributed by atoms with Crippen LogP contribution in [-0.2, 0) is 16.0 Å². The second kappa shape index (κ2) is 6.81. The normalized spacial score (nSPS) is 25.5. The minimum atomic E-state index is -0.763. The van der Waals surface area contributed by atoms with E-state index in [1.165, 1.54) is 0 Å². The third-order valence-electron chi connectivity index (χ3n) is 5.42. The molecule has 1 aromatic rings. The topological polar surface area (TPSA) is 78.9 Å². The number of benzene rings is 1. The molecule has 0 aromatic heterocycles. The summed E-state index contributed by atoms with van der Waals surface area (Å²) in [6.45, 7) is 1.41. The Balaban J connectivity index is 1.70. The lowest BCUT2D eigenvalue weighted by molar-refractivity contribution is -0.149. The molecule has 2 fully saturated rings. The van der Waals surface area contributed by atoms with Gasteiger partial charge < -0.3 is 20.1 Å². The Labute approximate surface area is 141 Å². The summed E-state index contributed by atoms with van der Waals surface area (Å²) in [6.07, 6.45) is 3.21. The molecule has 24 heavy (non-hydrogen) atoms. The zero-order chi connectivity index (χ0) is 17.2. The van der Waals surface area contributed by atoms with Crippen LogP contribution in [0.2, 0.25) is 0 Å². The quantitative estimate of drug-likeness (QED) is 0.869. The maximum absolute atomic E-state index is 12.6. The van der Waals surface area contributed by atoms with E-state index in [0.29, 0.717) is 32.5 Å².